The van der Waals surface area contributed by atoms with Crippen molar-refractivity contribution in [2.24, 2.45) is 23.0 Å². The number of urea groups is 1. The Morgan fingerprint density at radius 1 is 1.12 bits per heavy atom. The van der Waals surface area contributed by atoms with Gasteiger partial charge in [-0.3, -0.25) is 4.79 Å². The number of halogens is 1. The molecule has 4 N–H and O–H groups in total. The Kier molecular flexibility index (Phi) is 4.06. The summed E-state index contributed by atoms with van der Waals surface area (Å²) in [6.45, 7) is 0.516. The van der Waals surface area contributed by atoms with Gasteiger partial charge in [0.05, 0.1) is 5.41 Å². The second-order valence-corrected chi connectivity index (χ2v) is 9.94. The van der Waals surface area contributed by atoms with E-state index in [1.54, 1.807) is 12.1 Å². The van der Waals surface area contributed by atoms with Gasteiger partial charge in [0.15, 0.2) is 0 Å². The van der Waals surface area contributed by atoms with Crippen LogP contribution >= 0.6 is 15.9 Å². The van der Waals surface area contributed by atoms with Crippen LogP contribution < -0.4 is 16.4 Å². The average Bonchev–Trinajstić information content (AvgIpc) is 2.51. The summed E-state index contributed by atoms with van der Waals surface area (Å²) in [6.07, 6.45) is 6.82. The highest BCUT2D eigenvalue weighted by atomic mass is 79.9. The Hall–Kier alpha value is -1.56. The molecule has 2 unspecified atom stereocenters. The van der Waals surface area contributed by atoms with Crippen LogP contribution in [0.1, 0.15) is 44.1 Å². The maximum atomic E-state index is 13.0. The first-order valence-electron chi connectivity index (χ1n) is 8.99. The number of nitrogens with two attached hydrogens (primary N) is 1. The average molecular weight is 406 g/mol. The third kappa shape index (κ3) is 3.28. The van der Waals surface area contributed by atoms with Crippen molar-refractivity contribution < 1.29 is 9.59 Å². The zero-order valence-corrected chi connectivity index (χ0v) is 15.8. The Balaban J connectivity index is 1.40. The number of amides is 3. The van der Waals surface area contributed by atoms with Crippen molar-refractivity contribution in [3.05, 3.63) is 29.8 Å². The van der Waals surface area contributed by atoms with E-state index in [1.807, 2.05) is 12.1 Å². The number of hydrogen-bond acceptors (Lipinski definition) is 2. The predicted molar refractivity (Wildman–Crippen MR) is 100 cm³/mol. The normalized spacial score (nSPS) is 35.4. The van der Waals surface area contributed by atoms with Crippen LogP contribution in [0, 0.1) is 17.3 Å². The summed E-state index contributed by atoms with van der Waals surface area (Å²) >= 11 is 3.96. The van der Waals surface area contributed by atoms with Crippen molar-refractivity contribution in [1.29, 1.82) is 0 Å². The van der Waals surface area contributed by atoms with Crippen molar-refractivity contribution in [3.63, 3.8) is 0 Å². The molecule has 5 rings (SSSR count). The van der Waals surface area contributed by atoms with Crippen LogP contribution in [-0.2, 0) is 11.3 Å². The van der Waals surface area contributed by atoms with Crippen molar-refractivity contribution in [2.75, 3.05) is 5.32 Å². The zero-order valence-electron chi connectivity index (χ0n) is 14.2. The van der Waals surface area contributed by atoms with Crippen molar-refractivity contribution in [2.45, 2.75) is 49.4 Å². The van der Waals surface area contributed by atoms with Gasteiger partial charge >= 0.3 is 6.03 Å². The fourth-order valence-electron chi connectivity index (χ4n) is 5.63. The lowest BCUT2D eigenvalue weighted by Gasteiger charge is -2.59. The van der Waals surface area contributed by atoms with Crippen LogP contribution in [-0.4, -0.2) is 16.3 Å². The fourth-order valence-corrected chi connectivity index (χ4v) is 7.09. The molecule has 5 nitrogen and oxygen atoms in total. The summed E-state index contributed by atoms with van der Waals surface area (Å²) in [6, 6.07) is 6.81. The Morgan fingerprint density at radius 3 is 2.32 bits per heavy atom. The quantitative estimate of drug-likeness (QED) is 0.669. The topological polar surface area (TPSA) is 84.2 Å². The summed E-state index contributed by atoms with van der Waals surface area (Å²) in [7, 11) is 0. The molecule has 0 aliphatic heterocycles. The standard InChI is InChI=1S/C19H24BrN3O2/c20-19-8-13-5-14(9-19)7-18(6-13,11-19)16(24)22-10-12-1-3-15(4-2-12)23-17(21)25/h1-4,13-14H,5-11H2,(H,22,24)(H3,21,23,25). The lowest BCUT2D eigenvalue weighted by atomic mass is 9.49. The third-order valence-electron chi connectivity index (χ3n) is 6.15. The summed E-state index contributed by atoms with van der Waals surface area (Å²) < 4.78 is 0.191. The lowest BCUT2D eigenvalue weighted by Crippen LogP contribution is -2.58. The third-order valence-corrected chi connectivity index (χ3v) is 7.07. The maximum Gasteiger partial charge on any atom is 0.316 e. The van der Waals surface area contributed by atoms with Gasteiger partial charge in [-0.15, -0.1) is 0 Å². The number of carbonyl (C=O) groups is 2. The van der Waals surface area contributed by atoms with Gasteiger partial charge in [0.25, 0.3) is 0 Å². The molecule has 0 spiro atoms. The van der Waals surface area contributed by atoms with E-state index in [2.05, 4.69) is 26.6 Å². The second kappa shape index (κ2) is 6.01. The molecule has 1 aromatic rings. The monoisotopic (exact) mass is 405 g/mol. The first-order chi connectivity index (χ1) is 11.9. The van der Waals surface area contributed by atoms with Gasteiger partial charge < -0.3 is 16.4 Å². The van der Waals surface area contributed by atoms with E-state index < -0.39 is 6.03 Å². The molecule has 0 aromatic heterocycles. The first-order valence-corrected chi connectivity index (χ1v) is 9.78. The maximum absolute atomic E-state index is 13.0. The highest BCUT2D eigenvalue weighted by molar-refractivity contribution is 9.10. The van der Waals surface area contributed by atoms with Crippen LogP contribution in [0.5, 0.6) is 0 Å². The molecule has 134 valence electrons. The fraction of sp³-hybridized carbons (Fsp3) is 0.579. The molecule has 4 aliphatic carbocycles. The SMILES string of the molecule is NC(=O)Nc1ccc(CNC(=O)C23CC4CC(CC(Br)(C4)C2)C3)cc1. The number of benzene rings is 1. The minimum absolute atomic E-state index is 0.180. The molecule has 4 bridgehead atoms. The number of rotatable bonds is 4. The summed E-state index contributed by atoms with van der Waals surface area (Å²) in [5, 5.41) is 5.70. The molecule has 0 radical (unpaired) electrons. The van der Waals surface area contributed by atoms with Crippen LogP contribution in [0.4, 0.5) is 10.5 Å². The van der Waals surface area contributed by atoms with Gasteiger partial charge in [-0.1, -0.05) is 28.1 Å². The van der Waals surface area contributed by atoms with Gasteiger partial charge in [0.2, 0.25) is 5.91 Å². The van der Waals surface area contributed by atoms with Crippen LogP contribution in [0.3, 0.4) is 0 Å². The minimum atomic E-state index is -0.577. The van der Waals surface area contributed by atoms with E-state index in [0.29, 0.717) is 24.1 Å². The Bertz CT molecular complexity index is 689. The van der Waals surface area contributed by atoms with Crippen LogP contribution in [0.2, 0.25) is 0 Å². The summed E-state index contributed by atoms with van der Waals surface area (Å²) in [5.74, 6) is 1.61. The largest absolute Gasteiger partial charge is 0.352 e. The summed E-state index contributed by atoms with van der Waals surface area (Å²) in [5.41, 5.74) is 6.60. The highest BCUT2D eigenvalue weighted by Crippen LogP contribution is 2.64. The van der Waals surface area contributed by atoms with Gasteiger partial charge in [-0.2, -0.15) is 0 Å². The number of hydrogen-bond donors (Lipinski definition) is 3. The molecule has 0 heterocycles. The van der Waals surface area contributed by atoms with Crippen LogP contribution in [0.15, 0.2) is 24.3 Å². The van der Waals surface area contributed by atoms with Gasteiger partial charge in [-0.05, 0) is 68.1 Å². The number of nitrogens with one attached hydrogen (secondary N) is 2. The number of alkyl halides is 1. The Labute approximate surface area is 156 Å². The Morgan fingerprint density at radius 2 is 1.76 bits per heavy atom. The lowest BCUT2D eigenvalue weighted by molar-refractivity contribution is -0.144. The smallest absolute Gasteiger partial charge is 0.316 e. The van der Waals surface area contributed by atoms with Crippen molar-refractivity contribution in [3.8, 4) is 0 Å². The van der Waals surface area contributed by atoms with E-state index in [4.69, 9.17) is 5.73 Å². The molecule has 6 heteroatoms. The van der Waals surface area contributed by atoms with Crippen LogP contribution in [0.25, 0.3) is 0 Å². The van der Waals surface area contributed by atoms with E-state index in [0.717, 1.165) is 24.8 Å². The molecular formula is C19H24BrN3O2. The highest BCUT2D eigenvalue weighted by Gasteiger charge is 2.59. The molecule has 4 fully saturated rings. The van der Waals surface area contributed by atoms with E-state index >= 15 is 0 Å². The molecule has 0 saturated heterocycles. The van der Waals surface area contributed by atoms with E-state index in [9.17, 15) is 9.59 Å². The molecular weight excluding hydrogens is 382 g/mol. The number of anilines is 1. The van der Waals surface area contributed by atoms with Crippen molar-refractivity contribution in [1.82, 2.24) is 5.32 Å². The molecule has 3 amide bonds. The first kappa shape index (κ1) is 16.9. The van der Waals surface area contributed by atoms with Gasteiger partial charge in [-0.25, -0.2) is 4.79 Å². The molecule has 25 heavy (non-hydrogen) atoms. The molecule has 1 aromatic carbocycles. The summed E-state index contributed by atoms with van der Waals surface area (Å²) in [4.78, 5) is 23.9. The van der Waals surface area contributed by atoms with Gasteiger partial charge in [0.1, 0.15) is 0 Å². The van der Waals surface area contributed by atoms with Crippen molar-refractivity contribution >= 4 is 33.6 Å². The van der Waals surface area contributed by atoms with E-state index in [1.165, 1.54) is 19.3 Å². The van der Waals surface area contributed by atoms with Gasteiger partial charge in [0, 0.05) is 16.6 Å². The predicted octanol–water partition coefficient (Wildman–Crippen LogP) is 3.53. The van der Waals surface area contributed by atoms with E-state index in [-0.39, 0.29) is 15.6 Å². The molecule has 4 saturated carbocycles. The zero-order chi connectivity index (χ0) is 17.7. The molecule has 2 atom stereocenters. The number of carbonyl (C=O) groups excluding carboxylic acids is 2. The second-order valence-electron chi connectivity index (χ2n) is 8.26. The number of primary amides is 1. The minimum Gasteiger partial charge on any atom is -0.352 e. The molecule has 4 aliphatic rings.